The zero-order valence-corrected chi connectivity index (χ0v) is 11.8. The smallest absolute Gasteiger partial charge is 0.234 e. The first-order valence-electron chi connectivity index (χ1n) is 6.57. The number of rotatable bonds is 4. The summed E-state index contributed by atoms with van der Waals surface area (Å²) in [5, 5.41) is 6.23. The first-order chi connectivity index (χ1) is 7.79. The zero-order chi connectivity index (χ0) is 13.1. The molecule has 0 aromatic rings. The molecule has 4 nitrogen and oxygen atoms in total. The molecule has 0 unspecified atom stereocenters. The van der Waals surface area contributed by atoms with Crippen molar-refractivity contribution in [1.29, 1.82) is 0 Å². The standard InChI is InChI=1S/C13H27N3O/c1-10(2)14-8-12(17)15-11-6-7-16(9-11)13(3,4)5/h10-11,14H,6-9H2,1-5H3,(H,15,17)/t11-/m1/s1. The summed E-state index contributed by atoms with van der Waals surface area (Å²) in [4.78, 5) is 14.1. The van der Waals surface area contributed by atoms with Crippen LogP contribution in [0.2, 0.25) is 0 Å². The molecule has 1 rings (SSSR count). The van der Waals surface area contributed by atoms with Gasteiger partial charge in [-0.05, 0) is 27.2 Å². The molecule has 1 fully saturated rings. The van der Waals surface area contributed by atoms with E-state index in [1.165, 1.54) is 0 Å². The van der Waals surface area contributed by atoms with Crippen LogP contribution in [0.4, 0.5) is 0 Å². The lowest BCUT2D eigenvalue weighted by molar-refractivity contribution is -0.121. The van der Waals surface area contributed by atoms with Crippen LogP contribution in [-0.4, -0.2) is 48.1 Å². The average molecular weight is 241 g/mol. The number of nitrogens with one attached hydrogen (secondary N) is 2. The summed E-state index contributed by atoms with van der Waals surface area (Å²) in [6.07, 6.45) is 1.06. The van der Waals surface area contributed by atoms with E-state index in [4.69, 9.17) is 0 Å². The molecule has 1 saturated heterocycles. The van der Waals surface area contributed by atoms with Crippen LogP contribution in [0.1, 0.15) is 41.0 Å². The molecule has 1 amide bonds. The molecule has 0 bridgehead atoms. The van der Waals surface area contributed by atoms with Crippen molar-refractivity contribution in [2.24, 2.45) is 0 Å². The monoisotopic (exact) mass is 241 g/mol. The van der Waals surface area contributed by atoms with Crippen molar-refractivity contribution in [3.8, 4) is 0 Å². The summed E-state index contributed by atoms with van der Waals surface area (Å²) < 4.78 is 0. The summed E-state index contributed by atoms with van der Waals surface area (Å²) in [6, 6.07) is 0.672. The molecule has 100 valence electrons. The Hall–Kier alpha value is -0.610. The molecule has 0 saturated carbocycles. The second-order valence-corrected chi connectivity index (χ2v) is 6.21. The van der Waals surface area contributed by atoms with Gasteiger partial charge in [0.25, 0.3) is 0 Å². The van der Waals surface area contributed by atoms with Gasteiger partial charge in [-0.25, -0.2) is 0 Å². The van der Waals surface area contributed by atoms with E-state index in [1.54, 1.807) is 0 Å². The van der Waals surface area contributed by atoms with E-state index in [9.17, 15) is 4.79 Å². The number of hydrogen-bond donors (Lipinski definition) is 2. The van der Waals surface area contributed by atoms with Crippen LogP contribution in [0.3, 0.4) is 0 Å². The number of carbonyl (C=O) groups excluding carboxylic acids is 1. The largest absolute Gasteiger partial charge is 0.351 e. The molecular formula is C13H27N3O. The lowest BCUT2D eigenvalue weighted by Crippen LogP contribution is -2.45. The molecule has 1 aliphatic rings. The van der Waals surface area contributed by atoms with Crippen molar-refractivity contribution in [3.05, 3.63) is 0 Å². The van der Waals surface area contributed by atoms with Crippen molar-refractivity contribution < 1.29 is 4.79 Å². The van der Waals surface area contributed by atoms with Crippen LogP contribution in [0, 0.1) is 0 Å². The Labute approximate surface area is 105 Å². The number of amides is 1. The molecule has 0 spiro atoms. The van der Waals surface area contributed by atoms with Crippen LogP contribution >= 0.6 is 0 Å². The Kier molecular flexibility index (Phi) is 4.95. The second-order valence-electron chi connectivity index (χ2n) is 6.21. The fraction of sp³-hybridized carbons (Fsp3) is 0.923. The first-order valence-corrected chi connectivity index (χ1v) is 6.57. The van der Waals surface area contributed by atoms with E-state index in [2.05, 4.69) is 36.3 Å². The minimum absolute atomic E-state index is 0.111. The average Bonchev–Trinajstić information content (AvgIpc) is 2.62. The Morgan fingerprint density at radius 3 is 2.53 bits per heavy atom. The summed E-state index contributed by atoms with van der Waals surface area (Å²) >= 11 is 0. The predicted octanol–water partition coefficient (Wildman–Crippen LogP) is 0.973. The quantitative estimate of drug-likeness (QED) is 0.771. The number of hydrogen-bond acceptors (Lipinski definition) is 3. The third-order valence-electron chi connectivity index (χ3n) is 3.17. The topological polar surface area (TPSA) is 44.4 Å². The number of carbonyl (C=O) groups is 1. The highest BCUT2D eigenvalue weighted by Gasteiger charge is 2.30. The van der Waals surface area contributed by atoms with Gasteiger partial charge in [-0.2, -0.15) is 0 Å². The molecule has 2 N–H and O–H groups in total. The van der Waals surface area contributed by atoms with Crippen molar-refractivity contribution in [2.75, 3.05) is 19.6 Å². The lowest BCUT2D eigenvalue weighted by Gasteiger charge is -2.31. The molecule has 17 heavy (non-hydrogen) atoms. The highest BCUT2D eigenvalue weighted by atomic mass is 16.2. The van der Waals surface area contributed by atoms with E-state index in [-0.39, 0.29) is 11.4 Å². The lowest BCUT2D eigenvalue weighted by atomic mass is 10.1. The van der Waals surface area contributed by atoms with Crippen molar-refractivity contribution >= 4 is 5.91 Å². The number of likely N-dealkylation sites (tertiary alicyclic amines) is 1. The van der Waals surface area contributed by atoms with Crippen LogP contribution in [0.15, 0.2) is 0 Å². The Morgan fingerprint density at radius 2 is 2.06 bits per heavy atom. The minimum atomic E-state index is 0.111. The van der Waals surface area contributed by atoms with Gasteiger partial charge < -0.3 is 10.6 Å². The highest BCUT2D eigenvalue weighted by Crippen LogP contribution is 2.20. The Balaban J connectivity index is 2.28. The van der Waals surface area contributed by atoms with Crippen LogP contribution in [-0.2, 0) is 4.79 Å². The molecule has 0 aromatic carbocycles. The van der Waals surface area contributed by atoms with Crippen molar-refractivity contribution in [2.45, 2.75) is 58.7 Å². The molecule has 1 aliphatic heterocycles. The zero-order valence-electron chi connectivity index (χ0n) is 11.8. The summed E-state index contributed by atoms with van der Waals surface area (Å²) in [5.74, 6) is 0.111. The fourth-order valence-electron chi connectivity index (χ4n) is 2.06. The van der Waals surface area contributed by atoms with E-state index < -0.39 is 0 Å². The van der Waals surface area contributed by atoms with Crippen LogP contribution in [0.25, 0.3) is 0 Å². The normalized spacial score (nSPS) is 22.1. The summed E-state index contributed by atoms with van der Waals surface area (Å²) in [5.41, 5.74) is 0.204. The molecular weight excluding hydrogens is 214 g/mol. The maximum absolute atomic E-state index is 11.7. The molecule has 0 aromatic heterocycles. The number of nitrogens with zero attached hydrogens (tertiary/aromatic N) is 1. The van der Waals surface area contributed by atoms with Gasteiger partial charge in [0.2, 0.25) is 5.91 Å². The maximum atomic E-state index is 11.7. The third kappa shape index (κ3) is 5.04. The third-order valence-corrected chi connectivity index (χ3v) is 3.17. The van der Waals surface area contributed by atoms with Gasteiger partial charge in [0, 0.05) is 30.7 Å². The van der Waals surface area contributed by atoms with Gasteiger partial charge in [0.1, 0.15) is 0 Å². The SMILES string of the molecule is CC(C)NCC(=O)N[C@@H]1CCN(C(C)(C)C)C1. The molecule has 0 aliphatic carbocycles. The van der Waals surface area contributed by atoms with Crippen molar-refractivity contribution in [3.63, 3.8) is 0 Å². The van der Waals surface area contributed by atoms with E-state index >= 15 is 0 Å². The highest BCUT2D eigenvalue weighted by molar-refractivity contribution is 5.78. The Morgan fingerprint density at radius 1 is 1.41 bits per heavy atom. The van der Waals surface area contributed by atoms with E-state index in [0.29, 0.717) is 18.6 Å². The van der Waals surface area contributed by atoms with Gasteiger partial charge in [-0.3, -0.25) is 9.69 Å². The van der Waals surface area contributed by atoms with Crippen LogP contribution in [0.5, 0.6) is 0 Å². The van der Waals surface area contributed by atoms with Gasteiger partial charge in [-0.15, -0.1) is 0 Å². The van der Waals surface area contributed by atoms with Gasteiger partial charge >= 0.3 is 0 Å². The minimum Gasteiger partial charge on any atom is -0.351 e. The second kappa shape index (κ2) is 5.83. The summed E-state index contributed by atoms with van der Waals surface area (Å²) in [7, 11) is 0. The van der Waals surface area contributed by atoms with Crippen molar-refractivity contribution in [1.82, 2.24) is 15.5 Å². The molecule has 4 heteroatoms. The van der Waals surface area contributed by atoms with Gasteiger partial charge in [0.05, 0.1) is 6.54 Å². The van der Waals surface area contributed by atoms with Crippen LogP contribution < -0.4 is 10.6 Å². The van der Waals surface area contributed by atoms with Gasteiger partial charge in [-0.1, -0.05) is 13.8 Å². The molecule has 0 radical (unpaired) electrons. The van der Waals surface area contributed by atoms with Gasteiger partial charge in [0.15, 0.2) is 0 Å². The first kappa shape index (κ1) is 14.5. The maximum Gasteiger partial charge on any atom is 0.234 e. The molecule has 1 atom stereocenters. The fourth-order valence-corrected chi connectivity index (χ4v) is 2.06. The predicted molar refractivity (Wildman–Crippen MR) is 71.0 cm³/mol. The van der Waals surface area contributed by atoms with E-state index in [0.717, 1.165) is 19.5 Å². The van der Waals surface area contributed by atoms with E-state index in [1.807, 2.05) is 13.8 Å². The summed E-state index contributed by atoms with van der Waals surface area (Å²) in [6.45, 7) is 13.2. The molecule has 1 heterocycles. The Bertz CT molecular complexity index is 258.